The fourth-order valence-electron chi connectivity index (χ4n) is 1.55. The van der Waals surface area contributed by atoms with Gasteiger partial charge in [0.05, 0.1) is 0 Å². The van der Waals surface area contributed by atoms with E-state index in [2.05, 4.69) is 69.8 Å². The average Bonchev–Trinajstić information content (AvgIpc) is 2.33. The summed E-state index contributed by atoms with van der Waals surface area (Å²) in [4.78, 5) is 0. The van der Waals surface area contributed by atoms with Crippen molar-refractivity contribution in [1.82, 2.24) is 5.32 Å². The molecule has 0 amide bonds. The van der Waals surface area contributed by atoms with Gasteiger partial charge in [0.15, 0.2) is 0 Å². The Morgan fingerprint density at radius 2 is 1.29 bits per heavy atom. The monoisotopic (exact) mass is 311 g/mol. The van der Waals surface area contributed by atoms with Crippen molar-refractivity contribution in [3.05, 3.63) is 70.2 Å². The van der Waals surface area contributed by atoms with Gasteiger partial charge in [0, 0.05) is 17.6 Å². The molecule has 17 heavy (non-hydrogen) atoms. The molecule has 0 saturated carbocycles. The van der Waals surface area contributed by atoms with Crippen LogP contribution in [0.4, 0.5) is 0 Å². The van der Waals surface area contributed by atoms with Crippen LogP contribution >= 0.6 is 28.3 Å². The zero-order valence-corrected chi connectivity index (χ0v) is 11.8. The molecule has 0 bridgehead atoms. The van der Waals surface area contributed by atoms with E-state index in [4.69, 9.17) is 0 Å². The van der Waals surface area contributed by atoms with Crippen molar-refractivity contribution in [2.24, 2.45) is 0 Å². The summed E-state index contributed by atoms with van der Waals surface area (Å²) >= 11 is 3.43. The zero-order valence-electron chi connectivity index (χ0n) is 9.40. The summed E-state index contributed by atoms with van der Waals surface area (Å²) in [7, 11) is 0. The van der Waals surface area contributed by atoms with Gasteiger partial charge in [0.25, 0.3) is 0 Å². The van der Waals surface area contributed by atoms with Crippen molar-refractivity contribution in [3.63, 3.8) is 0 Å². The third-order valence-electron chi connectivity index (χ3n) is 2.41. The highest BCUT2D eigenvalue weighted by atomic mass is 79.9. The zero-order chi connectivity index (χ0) is 11.2. The highest BCUT2D eigenvalue weighted by Gasteiger charge is 1.93. The molecule has 0 aliphatic heterocycles. The molecule has 0 aliphatic carbocycles. The lowest BCUT2D eigenvalue weighted by Crippen LogP contribution is -2.12. The molecular formula is C14H15BrClN. The van der Waals surface area contributed by atoms with Crippen LogP contribution in [0.15, 0.2) is 59.1 Å². The maximum atomic E-state index is 3.43. The minimum absolute atomic E-state index is 0. The molecule has 0 heterocycles. The van der Waals surface area contributed by atoms with Crippen LogP contribution in [0.5, 0.6) is 0 Å². The largest absolute Gasteiger partial charge is 0.309 e. The van der Waals surface area contributed by atoms with Crippen molar-refractivity contribution < 1.29 is 0 Å². The van der Waals surface area contributed by atoms with Gasteiger partial charge in [-0.3, -0.25) is 0 Å². The van der Waals surface area contributed by atoms with Crippen LogP contribution < -0.4 is 5.32 Å². The Balaban J connectivity index is 0.00000144. The normalized spacial score (nSPS) is 9.71. The fourth-order valence-corrected chi connectivity index (χ4v) is 1.81. The summed E-state index contributed by atoms with van der Waals surface area (Å²) in [6.45, 7) is 1.82. The third kappa shape index (κ3) is 4.90. The molecule has 0 spiro atoms. The first-order valence-corrected chi connectivity index (χ1v) is 6.13. The molecule has 2 aromatic rings. The van der Waals surface area contributed by atoms with Crippen molar-refractivity contribution in [3.8, 4) is 0 Å². The van der Waals surface area contributed by atoms with Crippen molar-refractivity contribution in [2.75, 3.05) is 0 Å². The predicted molar refractivity (Wildman–Crippen MR) is 78.4 cm³/mol. The van der Waals surface area contributed by atoms with Gasteiger partial charge in [-0.05, 0) is 23.3 Å². The fraction of sp³-hybridized carbons (Fsp3) is 0.143. The van der Waals surface area contributed by atoms with Crippen LogP contribution in [0.1, 0.15) is 11.1 Å². The molecule has 3 heteroatoms. The number of halogens is 2. The number of hydrogen-bond donors (Lipinski definition) is 1. The summed E-state index contributed by atoms with van der Waals surface area (Å²) in [6, 6.07) is 18.8. The molecule has 0 saturated heterocycles. The van der Waals surface area contributed by atoms with E-state index in [1.165, 1.54) is 11.1 Å². The minimum Gasteiger partial charge on any atom is -0.309 e. The lowest BCUT2D eigenvalue weighted by molar-refractivity contribution is 0.693. The first kappa shape index (κ1) is 14.2. The van der Waals surface area contributed by atoms with Crippen LogP contribution in [0.3, 0.4) is 0 Å². The van der Waals surface area contributed by atoms with Crippen LogP contribution in [0.2, 0.25) is 0 Å². The summed E-state index contributed by atoms with van der Waals surface area (Å²) in [5, 5.41) is 3.42. The quantitative estimate of drug-likeness (QED) is 0.894. The topological polar surface area (TPSA) is 12.0 Å². The molecule has 0 aliphatic rings. The van der Waals surface area contributed by atoms with E-state index in [9.17, 15) is 0 Å². The van der Waals surface area contributed by atoms with Gasteiger partial charge in [-0.25, -0.2) is 0 Å². The Kier molecular flexibility index (Phi) is 6.27. The molecule has 2 rings (SSSR count). The second-order valence-electron chi connectivity index (χ2n) is 3.72. The maximum absolute atomic E-state index is 3.43. The lowest BCUT2D eigenvalue weighted by Gasteiger charge is -2.05. The van der Waals surface area contributed by atoms with Gasteiger partial charge >= 0.3 is 0 Å². The SMILES string of the molecule is Brc1ccc(CNCc2ccccc2)cc1.Cl. The summed E-state index contributed by atoms with van der Waals surface area (Å²) in [6.07, 6.45) is 0. The Hall–Kier alpha value is -0.830. The van der Waals surface area contributed by atoms with Crippen LogP contribution in [0, 0.1) is 0 Å². The first-order valence-electron chi connectivity index (χ1n) is 5.34. The Morgan fingerprint density at radius 3 is 1.88 bits per heavy atom. The number of rotatable bonds is 4. The summed E-state index contributed by atoms with van der Waals surface area (Å²) in [5.41, 5.74) is 2.62. The van der Waals surface area contributed by atoms with E-state index >= 15 is 0 Å². The molecular weight excluding hydrogens is 298 g/mol. The average molecular weight is 313 g/mol. The molecule has 0 atom stereocenters. The van der Waals surface area contributed by atoms with Crippen molar-refractivity contribution >= 4 is 28.3 Å². The number of hydrogen-bond acceptors (Lipinski definition) is 1. The first-order chi connectivity index (χ1) is 7.84. The molecule has 0 unspecified atom stereocenters. The molecule has 0 fully saturated rings. The molecule has 0 aromatic heterocycles. The molecule has 90 valence electrons. The third-order valence-corrected chi connectivity index (χ3v) is 2.94. The summed E-state index contributed by atoms with van der Waals surface area (Å²) < 4.78 is 1.12. The van der Waals surface area contributed by atoms with Crippen LogP contribution in [-0.4, -0.2) is 0 Å². The minimum atomic E-state index is 0. The van der Waals surface area contributed by atoms with E-state index in [1.807, 2.05) is 6.07 Å². The standard InChI is InChI=1S/C14H14BrN.ClH/c15-14-8-6-13(7-9-14)11-16-10-12-4-2-1-3-5-12;/h1-9,16H,10-11H2;1H. The van der Waals surface area contributed by atoms with Gasteiger partial charge < -0.3 is 5.32 Å². The second kappa shape index (κ2) is 7.49. The molecule has 1 nitrogen and oxygen atoms in total. The summed E-state index contributed by atoms with van der Waals surface area (Å²) in [5.74, 6) is 0. The van der Waals surface area contributed by atoms with E-state index in [0.717, 1.165) is 17.6 Å². The van der Waals surface area contributed by atoms with Gasteiger partial charge in [0.1, 0.15) is 0 Å². The molecule has 2 aromatic carbocycles. The van der Waals surface area contributed by atoms with Gasteiger partial charge in [-0.15, -0.1) is 12.4 Å². The van der Waals surface area contributed by atoms with Crippen LogP contribution in [0.25, 0.3) is 0 Å². The molecule has 0 radical (unpaired) electrons. The second-order valence-corrected chi connectivity index (χ2v) is 4.63. The predicted octanol–water partition coefficient (Wildman–Crippen LogP) is 4.16. The van der Waals surface area contributed by atoms with Gasteiger partial charge in [-0.1, -0.05) is 58.4 Å². The van der Waals surface area contributed by atoms with E-state index < -0.39 is 0 Å². The van der Waals surface area contributed by atoms with Crippen molar-refractivity contribution in [1.29, 1.82) is 0 Å². The van der Waals surface area contributed by atoms with E-state index in [-0.39, 0.29) is 12.4 Å². The van der Waals surface area contributed by atoms with Crippen molar-refractivity contribution in [2.45, 2.75) is 13.1 Å². The number of nitrogens with one attached hydrogen (secondary N) is 1. The van der Waals surface area contributed by atoms with Gasteiger partial charge in [0.2, 0.25) is 0 Å². The Bertz CT molecular complexity index is 428. The van der Waals surface area contributed by atoms with Crippen LogP contribution in [-0.2, 0) is 13.1 Å². The smallest absolute Gasteiger partial charge is 0.0208 e. The Labute approximate surface area is 117 Å². The lowest BCUT2D eigenvalue weighted by atomic mass is 10.2. The highest BCUT2D eigenvalue weighted by molar-refractivity contribution is 9.10. The number of benzene rings is 2. The highest BCUT2D eigenvalue weighted by Crippen LogP contribution is 2.10. The van der Waals surface area contributed by atoms with E-state index in [1.54, 1.807) is 0 Å². The Morgan fingerprint density at radius 1 is 0.765 bits per heavy atom. The van der Waals surface area contributed by atoms with E-state index in [0.29, 0.717) is 0 Å². The maximum Gasteiger partial charge on any atom is 0.0208 e. The molecule has 1 N–H and O–H groups in total. The van der Waals surface area contributed by atoms with Gasteiger partial charge in [-0.2, -0.15) is 0 Å².